The molecule has 6 rings (SSSR count). The fraction of sp³-hybridized carbons (Fsp3) is 0.345. The Bertz CT molecular complexity index is 1540. The first-order chi connectivity index (χ1) is 17.9. The highest BCUT2D eigenvalue weighted by Gasteiger charge is 2.24. The number of carbonyl (C=O) groups is 1. The molecule has 37 heavy (non-hydrogen) atoms. The first kappa shape index (κ1) is 24.3. The monoisotopic (exact) mass is 532 g/mol. The van der Waals surface area contributed by atoms with Crippen molar-refractivity contribution in [1.29, 1.82) is 0 Å². The van der Waals surface area contributed by atoms with Crippen LogP contribution >= 0.6 is 22.9 Å². The Kier molecular flexibility index (Phi) is 6.61. The molecule has 1 aliphatic heterocycles. The maximum Gasteiger partial charge on any atom is 0.271 e. The zero-order valence-corrected chi connectivity index (χ0v) is 22.4. The number of amides is 1. The standard InChI is InChI=1S/C29H29ClN4O2S/c1-19(35)33-11-9-32(10-12-33)17-20-5-6-22-15-25(8-7-21(22)13-20)34-18-31-26-16-27(37-28(26)29(34)36)23-3-2-4-24(30)14-23/h2-6,13-14,16,18,25H,7-12,15,17H2,1H3/t25-/m0/s1. The number of piperazine rings is 1. The number of fused-ring (bicyclic) bond motifs is 2. The minimum atomic E-state index is 0.0399. The van der Waals surface area contributed by atoms with E-state index in [1.54, 1.807) is 13.3 Å². The maximum absolute atomic E-state index is 13.5. The highest BCUT2D eigenvalue weighted by atomic mass is 35.5. The molecule has 2 aromatic heterocycles. The summed E-state index contributed by atoms with van der Waals surface area (Å²) in [5.41, 5.74) is 5.81. The van der Waals surface area contributed by atoms with Gasteiger partial charge in [0.15, 0.2) is 0 Å². The van der Waals surface area contributed by atoms with Gasteiger partial charge in [-0.2, -0.15) is 0 Å². The molecule has 0 bridgehead atoms. The van der Waals surface area contributed by atoms with E-state index in [1.165, 1.54) is 28.0 Å². The summed E-state index contributed by atoms with van der Waals surface area (Å²) in [7, 11) is 0. The molecule has 1 atom stereocenters. The molecule has 1 amide bonds. The zero-order valence-electron chi connectivity index (χ0n) is 20.8. The molecule has 3 heterocycles. The fourth-order valence-corrected chi connectivity index (χ4v) is 6.81. The predicted octanol–water partition coefficient (Wildman–Crippen LogP) is 5.17. The SMILES string of the molecule is CC(=O)N1CCN(Cc2ccc3c(c2)CC[C@H](n2cnc4cc(-c5cccc(Cl)c5)sc4c2=O)C3)CC1. The minimum Gasteiger partial charge on any atom is -0.340 e. The van der Waals surface area contributed by atoms with E-state index in [-0.39, 0.29) is 17.5 Å². The predicted molar refractivity (Wildman–Crippen MR) is 149 cm³/mol. The second kappa shape index (κ2) is 10.0. The van der Waals surface area contributed by atoms with Crippen LogP contribution in [0.4, 0.5) is 0 Å². The van der Waals surface area contributed by atoms with E-state index < -0.39 is 0 Å². The van der Waals surface area contributed by atoms with E-state index in [0.717, 1.165) is 67.9 Å². The first-order valence-electron chi connectivity index (χ1n) is 12.8. The van der Waals surface area contributed by atoms with Crippen molar-refractivity contribution >= 4 is 39.1 Å². The molecule has 190 valence electrons. The molecule has 2 aliphatic rings. The molecule has 6 nitrogen and oxygen atoms in total. The summed E-state index contributed by atoms with van der Waals surface area (Å²) < 4.78 is 2.54. The third kappa shape index (κ3) is 4.96. The molecule has 8 heteroatoms. The molecule has 0 unspecified atom stereocenters. The molecular weight excluding hydrogens is 504 g/mol. The maximum atomic E-state index is 13.5. The third-order valence-corrected chi connectivity index (χ3v) is 9.06. The summed E-state index contributed by atoms with van der Waals surface area (Å²) in [6, 6.07) is 16.6. The summed E-state index contributed by atoms with van der Waals surface area (Å²) in [5, 5.41) is 0.680. The number of aryl methyl sites for hydroxylation is 1. The summed E-state index contributed by atoms with van der Waals surface area (Å²) in [4.78, 5) is 35.1. The van der Waals surface area contributed by atoms with E-state index in [0.29, 0.717) is 9.72 Å². The normalized spacial score (nSPS) is 18.2. The molecule has 1 fully saturated rings. The summed E-state index contributed by atoms with van der Waals surface area (Å²) in [5.74, 6) is 0.164. The number of thiophene rings is 1. The second-order valence-electron chi connectivity index (χ2n) is 10.1. The second-order valence-corrected chi connectivity index (χ2v) is 11.6. The van der Waals surface area contributed by atoms with E-state index in [2.05, 4.69) is 28.1 Å². The highest BCUT2D eigenvalue weighted by molar-refractivity contribution is 7.22. The number of aromatic nitrogens is 2. The van der Waals surface area contributed by atoms with Gasteiger partial charge in [-0.25, -0.2) is 4.98 Å². The zero-order chi connectivity index (χ0) is 25.5. The average Bonchev–Trinajstić information content (AvgIpc) is 3.35. The van der Waals surface area contributed by atoms with Crippen molar-refractivity contribution < 1.29 is 4.79 Å². The van der Waals surface area contributed by atoms with Gasteiger partial charge >= 0.3 is 0 Å². The summed E-state index contributed by atoms with van der Waals surface area (Å²) in [6.07, 6.45) is 4.44. The number of halogens is 1. The van der Waals surface area contributed by atoms with Gasteiger partial charge in [-0.05, 0) is 59.7 Å². The van der Waals surface area contributed by atoms with Crippen molar-refractivity contribution in [1.82, 2.24) is 19.4 Å². The van der Waals surface area contributed by atoms with E-state index in [9.17, 15) is 9.59 Å². The minimum absolute atomic E-state index is 0.0399. The largest absolute Gasteiger partial charge is 0.340 e. The van der Waals surface area contributed by atoms with Crippen molar-refractivity contribution in [2.75, 3.05) is 26.2 Å². The van der Waals surface area contributed by atoms with E-state index in [4.69, 9.17) is 11.6 Å². The van der Waals surface area contributed by atoms with Crippen LogP contribution in [0.5, 0.6) is 0 Å². The van der Waals surface area contributed by atoms with Crippen LogP contribution in [0.15, 0.2) is 59.7 Å². The highest BCUT2D eigenvalue weighted by Crippen LogP contribution is 2.33. The molecular formula is C29H29ClN4O2S. The lowest BCUT2D eigenvalue weighted by molar-refractivity contribution is -0.130. The molecule has 0 N–H and O–H groups in total. The average molecular weight is 533 g/mol. The van der Waals surface area contributed by atoms with Crippen molar-refractivity contribution in [3.8, 4) is 10.4 Å². The molecule has 0 radical (unpaired) electrons. The Hall–Kier alpha value is -3.00. The number of hydrogen-bond acceptors (Lipinski definition) is 5. The van der Waals surface area contributed by atoms with Crippen LogP contribution in [0.3, 0.4) is 0 Å². The number of carbonyl (C=O) groups excluding carboxylic acids is 1. The van der Waals surface area contributed by atoms with Crippen LogP contribution in [0, 0.1) is 0 Å². The van der Waals surface area contributed by atoms with Crippen LogP contribution in [-0.2, 0) is 24.2 Å². The van der Waals surface area contributed by atoms with Crippen molar-refractivity contribution in [3.05, 3.63) is 86.9 Å². The van der Waals surface area contributed by atoms with Gasteiger partial charge in [-0.1, -0.05) is 41.9 Å². The summed E-state index contributed by atoms with van der Waals surface area (Å²) in [6.45, 7) is 6.00. The van der Waals surface area contributed by atoms with Gasteiger partial charge in [0.1, 0.15) is 4.70 Å². The first-order valence-corrected chi connectivity index (χ1v) is 14.0. The molecule has 4 aromatic rings. The van der Waals surface area contributed by atoms with Gasteiger partial charge in [0.05, 0.1) is 11.8 Å². The topological polar surface area (TPSA) is 58.4 Å². The van der Waals surface area contributed by atoms with Gasteiger partial charge < -0.3 is 4.90 Å². The van der Waals surface area contributed by atoms with Crippen molar-refractivity contribution in [2.45, 2.75) is 38.8 Å². The van der Waals surface area contributed by atoms with Gasteiger partial charge in [0.25, 0.3) is 5.56 Å². The third-order valence-electron chi connectivity index (χ3n) is 7.66. The number of hydrogen-bond donors (Lipinski definition) is 0. The fourth-order valence-electron chi connectivity index (χ4n) is 5.57. The van der Waals surface area contributed by atoms with Gasteiger partial charge in [-0.3, -0.25) is 19.1 Å². The van der Waals surface area contributed by atoms with Crippen LogP contribution in [-0.4, -0.2) is 51.4 Å². The number of benzene rings is 2. The Labute approximate surface area is 225 Å². The quantitative estimate of drug-likeness (QED) is 0.364. The molecule has 2 aromatic carbocycles. The van der Waals surface area contributed by atoms with Crippen LogP contribution in [0.25, 0.3) is 20.7 Å². The van der Waals surface area contributed by atoms with E-state index >= 15 is 0 Å². The Morgan fingerprint density at radius 2 is 1.92 bits per heavy atom. The van der Waals surface area contributed by atoms with E-state index in [1.807, 2.05) is 39.8 Å². The lowest BCUT2D eigenvalue weighted by Crippen LogP contribution is -2.47. The Morgan fingerprint density at radius 3 is 2.70 bits per heavy atom. The number of rotatable bonds is 4. The van der Waals surface area contributed by atoms with Crippen molar-refractivity contribution in [2.24, 2.45) is 0 Å². The Morgan fingerprint density at radius 1 is 1.08 bits per heavy atom. The molecule has 1 aliphatic carbocycles. The molecule has 1 saturated heterocycles. The lowest BCUT2D eigenvalue weighted by atomic mass is 9.87. The van der Waals surface area contributed by atoms with Gasteiger partial charge in [-0.15, -0.1) is 11.3 Å². The smallest absolute Gasteiger partial charge is 0.271 e. The number of nitrogens with zero attached hydrogens (tertiary/aromatic N) is 4. The van der Waals surface area contributed by atoms with Crippen molar-refractivity contribution in [3.63, 3.8) is 0 Å². The Balaban J connectivity index is 1.18. The van der Waals surface area contributed by atoms with Gasteiger partial charge in [0.2, 0.25) is 5.91 Å². The summed E-state index contributed by atoms with van der Waals surface area (Å²) >= 11 is 7.66. The lowest BCUT2D eigenvalue weighted by Gasteiger charge is -2.34. The van der Waals surface area contributed by atoms with Crippen LogP contribution in [0.2, 0.25) is 5.02 Å². The molecule has 0 spiro atoms. The van der Waals surface area contributed by atoms with Gasteiger partial charge in [0, 0.05) is 55.6 Å². The van der Waals surface area contributed by atoms with Crippen LogP contribution < -0.4 is 5.56 Å². The molecule has 0 saturated carbocycles. The van der Waals surface area contributed by atoms with Crippen LogP contribution in [0.1, 0.15) is 36.1 Å².